The first kappa shape index (κ1) is 26.2. The summed E-state index contributed by atoms with van der Waals surface area (Å²) < 4.78 is 0. The number of hydrogen-bond acceptors (Lipinski definition) is 6. The van der Waals surface area contributed by atoms with Crippen molar-refractivity contribution in [1.29, 1.82) is 0 Å². The van der Waals surface area contributed by atoms with E-state index in [1.807, 2.05) is 73.6 Å². The molecule has 0 radical (unpaired) electrons. The summed E-state index contributed by atoms with van der Waals surface area (Å²) in [4.78, 5) is 25.2. The molecular formula is C37H28N6. The third kappa shape index (κ3) is 5.46. The van der Waals surface area contributed by atoms with E-state index in [1.165, 1.54) is 0 Å². The van der Waals surface area contributed by atoms with Crippen LogP contribution in [0.3, 0.4) is 0 Å². The van der Waals surface area contributed by atoms with E-state index in [0.29, 0.717) is 5.84 Å². The lowest BCUT2D eigenvalue weighted by molar-refractivity contribution is 0.383. The zero-order valence-electron chi connectivity index (χ0n) is 23.6. The van der Waals surface area contributed by atoms with Crippen LogP contribution in [0.1, 0.15) is 22.9 Å². The summed E-state index contributed by atoms with van der Waals surface area (Å²) in [7, 11) is 2.06. The normalized spacial score (nSPS) is 14.6. The average molecular weight is 557 g/mol. The first-order chi connectivity index (χ1) is 21.2. The van der Waals surface area contributed by atoms with E-state index in [2.05, 4.69) is 99.7 Å². The number of hydrogen-bond donors (Lipinski definition) is 0. The summed E-state index contributed by atoms with van der Waals surface area (Å²) in [6.07, 6.45) is 10.6. The monoisotopic (exact) mass is 556 g/mol. The van der Waals surface area contributed by atoms with Gasteiger partial charge in [-0.05, 0) is 93.5 Å². The first-order valence-corrected chi connectivity index (χ1v) is 14.1. The third-order valence-corrected chi connectivity index (χ3v) is 7.62. The van der Waals surface area contributed by atoms with Gasteiger partial charge >= 0.3 is 0 Å². The Morgan fingerprint density at radius 3 is 1.47 bits per heavy atom. The Morgan fingerprint density at radius 2 is 0.907 bits per heavy atom. The van der Waals surface area contributed by atoms with Gasteiger partial charge in [0.05, 0.1) is 0 Å². The van der Waals surface area contributed by atoms with Gasteiger partial charge in [0.2, 0.25) is 0 Å². The summed E-state index contributed by atoms with van der Waals surface area (Å²) >= 11 is 0. The Kier molecular flexibility index (Phi) is 7.07. The number of amidine groups is 2. The smallest absolute Gasteiger partial charge is 0.159 e. The second kappa shape index (κ2) is 11.6. The van der Waals surface area contributed by atoms with Crippen LogP contribution in [-0.4, -0.2) is 38.6 Å². The van der Waals surface area contributed by atoms with Crippen LogP contribution in [0.5, 0.6) is 0 Å². The summed E-state index contributed by atoms with van der Waals surface area (Å²) in [6.45, 7) is 0. The maximum atomic E-state index is 5.25. The minimum absolute atomic E-state index is 0.279. The van der Waals surface area contributed by atoms with Crippen molar-refractivity contribution < 1.29 is 0 Å². The molecule has 0 bridgehead atoms. The highest BCUT2D eigenvalue weighted by Gasteiger charge is 2.27. The zero-order chi connectivity index (χ0) is 29.0. The quantitative estimate of drug-likeness (QED) is 0.211. The van der Waals surface area contributed by atoms with Crippen LogP contribution >= 0.6 is 0 Å². The summed E-state index contributed by atoms with van der Waals surface area (Å²) in [5, 5.41) is 0. The van der Waals surface area contributed by atoms with E-state index in [4.69, 9.17) is 9.98 Å². The second-order valence-corrected chi connectivity index (χ2v) is 10.4. The number of aliphatic imine (C=N–C) groups is 2. The summed E-state index contributed by atoms with van der Waals surface area (Å²) in [5.41, 5.74) is 9.70. The molecule has 7 rings (SSSR count). The molecule has 0 spiro atoms. The number of nitrogens with zero attached hydrogens (tertiary/aromatic N) is 6. The number of pyridine rings is 3. The minimum Gasteiger partial charge on any atom is -0.333 e. The molecule has 3 aromatic heterocycles. The molecule has 0 saturated heterocycles. The predicted molar refractivity (Wildman–Crippen MR) is 173 cm³/mol. The lowest BCUT2D eigenvalue weighted by Crippen LogP contribution is -2.35. The molecule has 6 heteroatoms. The van der Waals surface area contributed by atoms with E-state index in [0.717, 1.165) is 55.9 Å². The molecule has 6 aromatic rings. The highest BCUT2D eigenvalue weighted by atomic mass is 15.3. The zero-order valence-corrected chi connectivity index (χ0v) is 23.6. The van der Waals surface area contributed by atoms with Crippen molar-refractivity contribution in [3.8, 4) is 33.4 Å². The molecule has 0 fully saturated rings. The van der Waals surface area contributed by atoms with E-state index in [-0.39, 0.29) is 6.17 Å². The van der Waals surface area contributed by atoms with Gasteiger partial charge in [0.25, 0.3) is 0 Å². The minimum atomic E-state index is -0.279. The van der Waals surface area contributed by atoms with Crippen LogP contribution < -0.4 is 0 Å². The first-order valence-electron chi connectivity index (χ1n) is 14.1. The molecule has 3 aromatic carbocycles. The van der Waals surface area contributed by atoms with Crippen LogP contribution in [0.4, 0.5) is 0 Å². The van der Waals surface area contributed by atoms with Crippen molar-refractivity contribution >= 4 is 11.7 Å². The maximum absolute atomic E-state index is 5.25. The molecule has 0 saturated carbocycles. The van der Waals surface area contributed by atoms with Crippen molar-refractivity contribution in [2.75, 3.05) is 7.05 Å². The summed E-state index contributed by atoms with van der Waals surface area (Å²) in [6, 6.07) is 37.6. The topological polar surface area (TPSA) is 66.6 Å². The van der Waals surface area contributed by atoms with Crippen molar-refractivity contribution in [3.05, 3.63) is 163 Å². The SMILES string of the molecule is CN1C(c2cccc(-c3ccncc3)c2)=NC(c2cccc(-c3ccncc3)c2)=NC1c1cccc(-c2ccncc2)c1. The highest BCUT2D eigenvalue weighted by molar-refractivity contribution is 6.13. The Balaban J connectivity index is 1.35. The van der Waals surface area contributed by atoms with Crippen molar-refractivity contribution in [3.63, 3.8) is 0 Å². The fourth-order valence-electron chi connectivity index (χ4n) is 5.42. The van der Waals surface area contributed by atoms with E-state index in [1.54, 1.807) is 0 Å². The Bertz CT molecular complexity index is 1940. The molecule has 1 aliphatic rings. The Morgan fingerprint density at radius 1 is 0.465 bits per heavy atom. The molecule has 0 amide bonds. The van der Waals surface area contributed by atoms with Gasteiger partial charge in [0, 0.05) is 55.4 Å². The van der Waals surface area contributed by atoms with Gasteiger partial charge in [-0.2, -0.15) is 0 Å². The fourth-order valence-corrected chi connectivity index (χ4v) is 5.42. The van der Waals surface area contributed by atoms with Crippen LogP contribution in [-0.2, 0) is 0 Å². The van der Waals surface area contributed by atoms with E-state index >= 15 is 0 Å². The van der Waals surface area contributed by atoms with Gasteiger partial charge in [-0.15, -0.1) is 0 Å². The molecule has 1 unspecified atom stereocenters. The molecular weight excluding hydrogens is 528 g/mol. The molecule has 43 heavy (non-hydrogen) atoms. The van der Waals surface area contributed by atoms with E-state index < -0.39 is 0 Å². The molecule has 4 heterocycles. The van der Waals surface area contributed by atoms with Gasteiger partial charge in [-0.1, -0.05) is 54.6 Å². The van der Waals surface area contributed by atoms with Crippen LogP contribution in [0, 0.1) is 0 Å². The average Bonchev–Trinajstić information content (AvgIpc) is 3.10. The summed E-state index contributed by atoms with van der Waals surface area (Å²) in [5.74, 6) is 1.55. The van der Waals surface area contributed by atoms with Crippen LogP contribution in [0.25, 0.3) is 33.4 Å². The molecule has 206 valence electrons. The van der Waals surface area contributed by atoms with Crippen molar-refractivity contribution in [2.45, 2.75) is 6.17 Å². The Hall–Kier alpha value is -5.75. The molecule has 0 aliphatic carbocycles. The molecule has 6 nitrogen and oxygen atoms in total. The lowest BCUT2D eigenvalue weighted by Gasteiger charge is -2.33. The predicted octanol–water partition coefficient (Wildman–Crippen LogP) is 7.71. The third-order valence-electron chi connectivity index (χ3n) is 7.62. The fraction of sp³-hybridized carbons (Fsp3) is 0.0541. The maximum Gasteiger partial charge on any atom is 0.159 e. The molecule has 1 aliphatic heterocycles. The van der Waals surface area contributed by atoms with Crippen molar-refractivity contribution in [1.82, 2.24) is 19.9 Å². The highest BCUT2D eigenvalue weighted by Crippen LogP contribution is 2.32. The largest absolute Gasteiger partial charge is 0.333 e. The van der Waals surface area contributed by atoms with Gasteiger partial charge in [0.15, 0.2) is 12.0 Å². The van der Waals surface area contributed by atoms with Crippen LogP contribution in [0.2, 0.25) is 0 Å². The van der Waals surface area contributed by atoms with Crippen LogP contribution in [0.15, 0.2) is 156 Å². The van der Waals surface area contributed by atoms with Crippen molar-refractivity contribution in [2.24, 2.45) is 9.98 Å². The number of benzene rings is 3. The van der Waals surface area contributed by atoms with E-state index in [9.17, 15) is 0 Å². The van der Waals surface area contributed by atoms with Gasteiger partial charge in [-0.25, -0.2) is 9.98 Å². The number of aromatic nitrogens is 3. The molecule has 1 atom stereocenters. The van der Waals surface area contributed by atoms with Gasteiger partial charge < -0.3 is 4.90 Å². The second-order valence-electron chi connectivity index (χ2n) is 10.4. The lowest BCUT2D eigenvalue weighted by atomic mass is 10.00. The standard InChI is InChI=1S/C37H28N6/c1-43-36(33-9-3-6-30(24-33)27-13-19-39-20-14-27)41-35(32-8-2-5-29(23-32)26-11-17-38-18-12-26)42-37(43)34-10-4-7-31(25-34)28-15-21-40-22-16-28/h2-25,36H,1H3. The Labute approximate surface area is 250 Å². The molecule has 0 N–H and O–H groups in total. The number of rotatable bonds is 6. The van der Waals surface area contributed by atoms with Gasteiger partial charge in [0.1, 0.15) is 5.84 Å². The van der Waals surface area contributed by atoms with Gasteiger partial charge in [-0.3, -0.25) is 15.0 Å².